The van der Waals surface area contributed by atoms with Gasteiger partial charge in [0, 0.05) is 5.69 Å². The van der Waals surface area contributed by atoms with E-state index in [1.165, 1.54) is 9.19 Å². The number of hydrogen-bond donors (Lipinski definition) is 2. The molecule has 1 aliphatic carbocycles. The first-order valence-electron chi connectivity index (χ1n) is 9.45. The van der Waals surface area contributed by atoms with Gasteiger partial charge in [-0.25, -0.2) is 12.5 Å². The minimum absolute atomic E-state index is 0. The summed E-state index contributed by atoms with van der Waals surface area (Å²) in [6.45, 7) is 9.49. The van der Waals surface area contributed by atoms with Gasteiger partial charge in [-0.3, -0.25) is 4.79 Å². The van der Waals surface area contributed by atoms with Crippen LogP contribution >= 0.6 is 22.9 Å². The number of halogens is 2. The summed E-state index contributed by atoms with van der Waals surface area (Å²) in [5.41, 5.74) is 0.743. The van der Waals surface area contributed by atoms with Gasteiger partial charge in [-0.2, -0.15) is 4.98 Å². The second-order valence-electron chi connectivity index (χ2n) is 6.92. The number of rotatable bonds is 8. The molecule has 0 bridgehead atoms. The van der Waals surface area contributed by atoms with E-state index in [1.807, 2.05) is 48.0 Å². The van der Waals surface area contributed by atoms with Crippen LogP contribution in [0.4, 0.5) is 27.5 Å². The molecule has 1 aromatic heterocycles. The van der Waals surface area contributed by atoms with Crippen LogP contribution in [-0.2, 0) is 9.53 Å². The Morgan fingerprint density at radius 2 is 2.24 bits per heavy atom. The molecule has 33 heavy (non-hydrogen) atoms. The third-order valence-electron chi connectivity index (χ3n) is 4.46. The van der Waals surface area contributed by atoms with Crippen LogP contribution in [0.2, 0.25) is 0 Å². The normalized spacial score (nSPS) is 16.4. The summed E-state index contributed by atoms with van der Waals surface area (Å²) in [4.78, 5) is 20.2. The number of aromatic nitrogens is 2. The molecule has 2 N–H and O–H groups in total. The van der Waals surface area contributed by atoms with E-state index < -0.39 is 11.4 Å². The Kier molecular flexibility index (Phi) is 11.6. The topological polar surface area (TPSA) is 79.4 Å². The number of anilines is 4. The van der Waals surface area contributed by atoms with E-state index >= 15 is 0 Å². The van der Waals surface area contributed by atoms with Gasteiger partial charge in [-0.05, 0) is 56.4 Å². The number of ether oxygens (including phenoxy) is 1. The molecule has 0 fully saturated rings. The molecule has 1 heterocycles. The fourth-order valence-electron chi connectivity index (χ4n) is 2.85. The average molecular weight is 787 g/mol. The van der Waals surface area contributed by atoms with Crippen LogP contribution in [0, 0.1) is 51.3 Å². The predicted molar refractivity (Wildman–Crippen MR) is 135 cm³/mol. The fourth-order valence-corrected chi connectivity index (χ4v) is 3.35. The van der Waals surface area contributed by atoms with E-state index in [4.69, 9.17) is 4.74 Å². The standard InChI is InChI=1S/C22H22FIN5O2.CH3.U/c1-4-19(30)29(24)16-8-6-7-15(13-16)26-20-18(23)14-25-21(27-20)28-22(3)11-9-17(10-12-22)31-5-2;;/h4,6-11,13-14H,1-2,5,12H2,3H3,(H2,25,26,27,28);1H3;/q2*-1;+2. The van der Waals surface area contributed by atoms with Crippen molar-refractivity contribution in [3.63, 3.8) is 0 Å². The first kappa shape index (κ1) is 29.1. The minimum atomic E-state index is -0.597. The van der Waals surface area contributed by atoms with Crippen molar-refractivity contribution in [1.29, 1.82) is 0 Å². The third-order valence-corrected chi connectivity index (χ3v) is 5.49. The van der Waals surface area contributed by atoms with Crippen LogP contribution in [0.3, 0.4) is 0 Å². The van der Waals surface area contributed by atoms with Crippen molar-refractivity contribution < 1.29 is 45.0 Å². The molecule has 0 radical (unpaired) electrons. The van der Waals surface area contributed by atoms with Gasteiger partial charge in [0.25, 0.3) is 5.91 Å². The van der Waals surface area contributed by atoms with Crippen molar-refractivity contribution >= 4 is 51.9 Å². The molecular formula is C23H25FIN5O2U. The fraction of sp³-hybridized carbons (Fsp3) is 0.174. The number of allylic oxidation sites excluding steroid dienone is 1. The monoisotopic (exact) mass is 787 g/mol. The van der Waals surface area contributed by atoms with Gasteiger partial charge in [0.1, 0.15) is 5.76 Å². The van der Waals surface area contributed by atoms with Crippen LogP contribution in [0.15, 0.2) is 67.1 Å². The summed E-state index contributed by atoms with van der Waals surface area (Å²) in [5, 5.41) is 6.18. The molecular weight excluding hydrogens is 762 g/mol. The molecule has 0 saturated carbocycles. The summed E-state index contributed by atoms with van der Waals surface area (Å²) in [6, 6.07) is 6.98. The van der Waals surface area contributed by atoms with Gasteiger partial charge in [0.15, 0.2) is 11.6 Å². The Bertz CT molecular complexity index is 1050. The van der Waals surface area contributed by atoms with Crippen LogP contribution in [0.1, 0.15) is 13.3 Å². The van der Waals surface area contributed by atoms with Crippen LogP contribution < -0.4 is 13.7 Å². The zero-order valence-corrected chi connectivity index (χ0v) is 24.8. The molecule has 7 nitrogen and oxygen atoms in total. The molecule has 0 spiro atoms. The summed E-state index contributed by atoms with van der Waals surface area (Å²) >= 11 is 1.88. The maximum Gasteiger partial charge on any atom is 2.00 e. The number of hydrogen-bond acceptors (Lipinski definition) is 6. The Balaban J connectivity index is 0.00000272. The van der Waals surface area contributed by atoms with Gasteiger partial charge in [-0.15, -0.1) is 0 Å². The van der Waals surface area contributed by atoms with Crippen LogP contribution in [-0.4, -0.2) is 28.0 Å². The predicted octanol–water partition coefficient (Wildman–Crippen LogP) is 5.54. The average Bonchev–Trinajstić information content (AvgIpc) is 2.77. The largest absolute Gasteiger partial charge is 2.00 e. The summed E-state index contributed by atoms with van der Waals surface area (Å²) in [5.74, 6) is 0.198. The third kappa shape index (κ3) is 7.83. The number of carbonyl (C=O) groups excluding carboxylic acids is 1. The molecule has 1 aromatic carbocycles. The maximum atomic E-state index is 14.4. The molecule has 1 atom stereocenters. The van der Waals surface area contributed by atoms with Crippen molar-refractivity contribution in [2.75, 3.05) is 20.4 Å². The number of benzene rings is 1. The number of nitrogens with zero attached hydrogens (tertiary/aromatic N) is 3. The van der Waals surface area contributed by atoms with Gasteiger partial charge in [0.05, 0.1) is 40.3 Å². The minimum Gasteiger partial charge on any atom is -0.526 e. The number of nitrogens with one attached hydrogen (secondary N) is 2. The molecule has 1 unspecified atom stereocenters. The molecule has 172 valence electrons. The Morgan fingerprint density at radius 1 is 1.48 bits per heavy atom. The van der Waals surface area contributed by atoms with E-state index in [1.54, 1.807) is 24.3 Å². The second kappa shape index (κ2) is 13.1. The van der Waals surface area contributed by atoms with Gasteiger partial charge >= 0.3 is 31.1 Å². The quantitative estimate of drug-likeness (QED) is 0.159. The molecule has 1 amide bonds. The first-order valence-corrected chi connectivity index (χ1v) is 10.4. The zero-order chi connectivity index (χ0) is 22.4. The maximum absolute atomic E-state index is 14.4. The first-order chi connectivity index (χ1) is 14.8. The summed E-state index contributed by atoms with van der Waals surface area (Å²) in [6.07, 6.45) is 8.73. The Hall–Kier alpha value is -1.90. The van der Waals surface area contributed by atoms with E-state index in [-0.39, 0.29) is 56.2 Å². The van der Waals surface area contributed by atoms with E-state index in [0.717, 1.165) is 12.0 Å². The van der Waals surface area contributed by atoms with Crippen molar-refractivity contribution in [2.45, 2.75) is 18.9 Å². The molecule has 3 rings (SSSR count). The van der Waals surface area contributed by atoms with Crippen LogP contribution in [0.5, 0.6) is 0 Å². The smallest absolute Gasteiger partial charge is 0.526 e. The Labute approximate surface area is 231 Å². The van der Waals surface area contributed by atoms with Gasteiger partial charge < -0.3 is 29.7 Å². The van der Waals surface area contributed by atoms with Crippen molar-refractivity contribution in [3.8, 4) is 0 Å². The summed E-state index contributed by atoms with van der Waals surface area (Å²) < 4.78 is 21.2. The Morgan fingerprint density at radius 3 is 2.88 bits per heavy atom. The second-order valence-corrected chi connectivity index (χ2v) is 7.89. The SMILES string of the molecule is C=CC(=O)N(I)c1cccc(Nc2nc(NC3(C)C=CC(OC[CH2-])=CC3)ncc2F)c1.[CH3-].[U+2]. The van der Waals surface area contributed by atoms with E-state index in [2.05, 4.69) is 34.1 Å². The molecule has 10 heteroatoms. The van der Waals surface area contributed by atoms with Gasteiger partial charge in [-0.1, -0.05) is 18.7 Å². The van der Waals surface area contributed by atoms with Crippen molar-refractivity contribution in [3.05, 3.63) is 87.3 Å². The summed E-state index contributed by atoms with van der Waals surface area (Å²) in [7, 11) is 0. The van der Waals surface area contributed by atoms with E-state index in [0.29, 0.717) is 24.4 Å². The van der Waals surface area contributed by atoms with E-state index in [9.17, 15) is 9.18 Å². The van der Waals surface area contributed by atoms with Crippen molar-refractivity contribution in [2.24, 2.45) is 0 Å². The van der Waals surface area contributed by atoms with Crippen molar-refractivity contribution in [1.82, 2.24) is 9.97 Å². The molecule has 2 aromatic rings. The zero-order valence-electron chi connectivity index (χ0n) is 18.4. The molecule has 0 saturated heterocycles. The molecule has 0 aliphatic heterocycles. The number of amides is 1. The molecule has 1 aliphatic rings. The number of carbonyl (C=O) groups is 1. The van der Waals surface area contributed by atoms with Gasteiger partial charge in [0.2, 0.25) is 5.95 Å². The van der Waals surface area contributed by atoms with Crippen LogP contribution in [0.25, 0.3) is 0 Å².